The van der Waals surface area contributed by atoms with Gasteiger partial charge in [0, 0.05) is 28.6 Å². The van der Waals surface area contributed by atoms with Crippen LogP contribution < -0.4 is 5.32 Å². The van der Waals surface area contributed by atoms with Gasteiger partial charge >= 0.3 is 0 Å². The lowest BCUT2D eigenvalue weighted by atomic mass is 9.87. The van der Waals surface area contributed by atoms with Crippen LogP contribution in [-0.4, -0.2) is 27.7 Å². The third kappa shape index (κ3) is 5.08. The number of benzene rings is 2. The van der Waals surface area contributed by atoms with E-state index in [2.05, 4.69) is 31.1 Å². The first-order chi connectivity index (χ1) is 13.8. The minimum Gasteiger partial charge on any atom is -0.393 e. The van der Waals surface area contributed by atoms with E-state index in [0.29, 0.717) is 11.1 Å². The van der Waals surface area contributed by atoms with Crippen molar-refractivity contribution in [3.05, 3.63) is 83.6 Å². The lowest BCUT2D eigenvalue weighted by molar-refractivity contribution is 0.0953. The number of hydrogen-bond donors (Lipinski definition) is 3. The summed E-state index contributed by atoms with van der Waals surface area (Å²) in [6.45, 7) is 6.11. The van der Waals surface area contributed by atoms with Gasteiger partial charge in [0.25, 0.3) is 5.91 Å². The van der Waals surface area contributed by atoms with Crippen LogP contribution in [0, 0.1) is 0 Å². The second-order valence-electron chi connectivity index (χ2n) is 8.03. The second kappa shape index (κ2) is 8.55. The minimum absolute atomic E-state index is 0.0702. The van der Waals surface area contributed by atoms with Crippen molar-refractivity contribution >= 4 is 11.6 Å². The Hall–Kier alpha value is -3.02. The number of carbonyl (C=O) groups excluding carboxylic acids is 1. The van der Waals surface area contributed by atoms with Crippen LogP contribution in [0.5, 0.6) is 0 Å². The highest BCUT2D eigenvalue weighted by Gasteiger charge is 2.14. The Labute approximate surface area is 171 Å². The molecule has 0 unspecified atom stereocenters. The van der Waals surface area contributed by atoms with Crippen LogP contribution in [0.25, 0.3) is 11.3 Å². The first kappa shape index (κ1) is 20.7. The Balaban J connectivity index is 1.68. The Morgan fingerprint density at radius 3 is 2.17 bits per heavy atom. The maximum absolute atomic E-state index is 12.5. The third-order valence-corrected chi connectivity index (χ3v) is 4.80. The number of amides is 1. The number of rotatable bonds is 5. The van der Waals surface area contributed by atoms with Gasteiger partial charge in [0.1, 0.15) is 6.10 Å². The molecule has 0 aliphatic rings. The summed E-state index contributed by atoms with van der Waals surface area (Å²) >= 11 is 0. The molecule has 5 nitrogen and oxygen atoms in total. The molecule has 3 aromatic rings. The number of nitrogens with one attached hydrogen (secondary N) is 1. The van der Waals surface area contributed by atoms with Crippen molar-refractivity contribution in [2.45, 2.75) is 32.3 Å². The Morgan fingerprint density at radius 1 is 1.00 bits per heavy atom. The number of pyridine rings is 1. The van der Waals surface area contributed by atoms with Crippen molar-refractivity contribution in [2.75, 3.05) is 11.9 Å². The van der Waals surface area contributed by atoms with Crippen LogP contribution in [0.3, 0.4) is 0 Å². The van der Waals surface area contributed by atoms with Gasteiger partial charge in [-0.2, -0.15) is 0 Å². The number of aliphatic hydroxyl groups excluding tert-OH is 2. The maximum atomic E-state index is 12.5. The molecule has 0 aliphatic carbocycles. The molecular weight excluding hydrogens is 364 g/mol. The van der Waals surface area contributed by atoms with Crippen LogP contribution in [0.4, 0.5) is 5.69 Å². The molecule has 2 aromatic carbocycles. The average Bonchev–Trinajstić information content (AvgIpc) is 2.73. The molecule has 1 heterocycles. The summed E-state index contributed by atoms with van der Waals surface area (Å²) in [6.07, 6.45) is 0.609. The van der Waals surface area contributed by atoms with Gasteiger partial charge in [0.2, 0.25) is 0 Å². The Morgan fingerprint density at radius 2 is 1.66 bits per heavy atom. The zero-order valence-electron chi connectivity index (χ0n) is 16.9. The largest absolute Gasteiger partial charge is 0.393 e. The molecule has 0 aliphatic heterocycles. The quantitative estimate of drug-likeness (QED) is 0.606. The van der Waals surface area contributed by atoms with Gasteiger partial charge in [0.05, 0.1) is 12.3 Å². The SMILES string of the molecule is CC(C)(C)c1ccc(NC(=O)c2ccc(-c3ccc([C@@H](O)CO)cn3)cc2)cc1. The maximum Gasteiger partial charge on any atom is 0.255 e. The summed E-state index contributed by atoms with van der Waals surface area (Å²) in [4.78, 5) is 16.8. The van der Waals surface area contributed by atoms with Crippen LogP contribution in [0.15, 0.2) is 66.9 Å². The van der Waals surface area contributed by atoms with E-state index < -0.39 is 6.10 Å². The van der Waals surface area contributed by atoms with Crippen molar-refractivity contribution in [1.29, 1.82) is 0 Å². The topological polar surface area (TPSA) is 82.5 Å². The number of aliphatic hydroxyl groups is 2. The normalized spacial score (nSPS) is 12.4. The van der Waals surface area contributed by atoms with Crippen LogP contribution >= 0.6 is 0 Å². The van der Waals surface area contributed by atoms with Gasteiger partial charge in [0.15, 0.2) is 0 Å². The van der Waals surface area contributed by atoms with Gasteiger partial charge < -0.3 is 15.5 Å². The number of carbonyl (C=O) groups is 1. The van der Waals surface area contributed by atoms with Crippen LogP contribution in [-0.2, 0) is 5.41 Å². The average molecular weight is 390 g/mol. The summed E-state index contributed by atoms with van der Waals surface area (Å²) in [7, 11) is 0. The van der Waals surface area contributed by atoms with Crippen LogP contribution in [0.2, 0.25) is 0 Å². The van der Waals surface area contributed by atoms with Crippen molar-refractivity contribution in [3.63, 3.8) is 0 Å². The van der Waals surface area contributed by atoms with Gasteiger partial charge in [-0.15, -0.1) is 0 Å². The van der Waals surface area contributed by atoms with Crippen molar-refractivity contribution in [3.8, 4) is 11.3 Å². The minimum atomic E-state index is -0.930. The summed E-state index contributed by atoms with van der Waals surface area (Å²) in [6, 6.07) is 18.6. The molecule has 0 bridgehead atoms. The van der Waals surface area contributed by atoms with Crippen LogP contribution in [0.1, 0.15) is 48.4 Å². The molecule has 0 saturated heterocycles. The van der Waals surface area contributed by atoms with E-state index in [-0.39, 0.29) is 17.9 Å². The summed E-state index contributed by atoms with van der Waals surface area (Å²) in [5.74, 6) is -0.172. The Bertz CT molecular complexity index is 957. The predicted molar refractivity (Wildman–Crippen MR) is 115 cm³/mol. The molecule has 1 aromatic heterocycles. The lowest BCUT2D eigenvalue weighted by Crippen LogP contribution is -2.13. The molecule has 29 heavy (non-hydrogen) atoms. The molecular formula is C24H26N2O3. The van der Waals surface area contributed by atoms with Crippen molar-refractivity contribution in [2.24, 2.45) is 0 Å². The van der Waals surface area contributed by atoms with E-state index in [0.717, 1.165) is 16.9 Å². The first-order valence-corrected chi connectivity index (χ1v) is 9.55. The molecule has 0 radical (unpaired) electrons. The van der Waals surface area contributed by atoms with Gasteiger partial charge in [-0.25, -0.2) is 0 Å². The molecule has 0 saturated carbocycles. The molecule has 1 amide bonds. The van der Waals surface area contributed by atoms with Gasteiger partial charge in [-0.05, 0) is 41.3 Å². The van der Waals surface area contributed by atoms with E-state index >= 15 is 0 Å². The Kier molecular flexibility index (Phi) is 6.11. The van der Waals surface area contributed by atoms with Crippen molar-refractivity contribution in [1.82, 2.24) is 4.98 Å². The molecule has 3 rings (SSSR count). The molecule has 0 spiro atoms. The zero-order valence-corrected chi connectivity index (χ0v) is 16.9. The van der Waals surface area contributed by atoms with E-state index in [1.54, 1.807) is 24.3 Å². The van der Waals surface area contributed by atoms with Gasteiger partial charge in [-0.3, -0.25) is 9.78 Å². The molecule has 3 N–H and O–H groups in total. The fourth-order valence-corrected chi connectivity index (χ4v) is 2.93. The summed E-state index contributed by atoms with van der Waals surface area (Å²) in [5.41, 5.74) is 4.74. The highest BCUT2D eigenvalue weighted by molar-refractivity contribution is 6.04. The second-order valence-corrected chi connectivity index (χ2v) is 8.03. The standard InChI is InChI=1S/C24H26N2O3/c1-24(2,3)19-9-11-20(12-10-19)26-23(29)17-6-4-16(5-7-17)21-13-8-18(14-25-21)22(28)15-27/h4-14,22,27-28H,15H2,1-3H3,(H,26,29)/t22-/m0/s1. The summed E-state index contributed by atoms with van der Waals surface area (Å²) in [5, 5.41) is 21.5. The van der Waals surface area contributed by atoms with Crippen molar-refractivity contribution < 1.29 is 15.0 Å². The smallest absolute Gasteiger partial charge is 0.255 e. The van der Waals surface area contributed by atoms with E-state index in [1.807, 2.05) is 36.4 Å². The monoisotopic (exact) mass is 390 g/mol. The molecule has 1 atom stereocenters. The zero-order chi connectivity index (χ0) is 21.0. The van der Waals surface area contributed by atoms with E-state index in [4.69, 9.17) is 5.11 Å². The molecule has 0 fully saturated rings. The molecule has 150 valence electrons. The lowest BCUT2D eigenvalue weighted by Gasteiger charge is -2.19. The predicted octanol–water partition coefficient (Wildman–Crippen LogP) is 4.32. The number of nitrogens with zero attached hydrogens (tertiary/aromatic N) is 1. The highest BCUT2D eigenvalue weighted by atomic mass is 16.3. The number of anilines is 1. The van der Waals surface area contributed by atoms with E-state index in [9.17, 15) is 9.90 Å². The number of aromatic nitrogens is 1. The van der Waals surface area contributed by atoms with Gasteiger partial charge in [-0.1, -0.05) is 51.1 Å². The first-order valence-electron chi connectivity index (χ1n) is 9.55. The third-order valence-electron chi connectivity index (χ3n) is 4.80. The fraction of sp³-hybridized carbons (Fsp3) is 0.250. The number of hydrogen-bond acceptors (Lipinski definition) is 4. The molecule has 5 heteroatoms. The van der Waals surface area contributed by atoms with E-state index in [1.165, 1.54) is 11.8 Å². The highest BCUT2D eigenvalue weighted by Crippen LogP contribution is 2.24. The fourth-order valence-electron chi connectivity index (χ4n) is 2.93. The summed E-state index contributed by atoms with van der Waals surface area (Å²) < 4.78 is 0.